The maximum Gasteiger partial charge on any atom is 0.303 e. The number of carbonyl (C=O) groups excluding carboxylic acids is 2. The number of non-ortho nitro benzene ring substituents is 1. The van der Waals surface area contributed by atoms with Gasteiger partial charge in [-0.15, -0.1) is 0 Å². The zero-order chi connectivity index (χ0) is 22.7. The highest BCUT2D eigenvalue weighted by Crippen LogP contribution is 2.40. The molecule has 0 unspecified atom stereocenters. The number of aryl methyl sites for hydroxylation is 1. The van der Waals surface area contributed by atoms with Gasteiger partial charge in [0.05, 0.1) is 16.5 Å². The molecule has 2 aromatic rings. The number of nitro benzene ring substituents is 1. The predicted molar refractivity (Wildman–Crippen MR) is 110 cm³/mol. The zero-order valence-electron chi connectivity index (χ0n) is 16.6. The van der Waals surface area contributed by atoms with Crippen molar-refractivity contribution in [2.24, 2.45) is 0 Å². The number of likely N-dealkylation sites (tertiary alicyclic amines) is 1. The maximum absolute atomic E-state index is 12.8. The van der Waals surface area contributed by atoms with Crippen molar-refractivity contribution < 1.29 is 29.5 Å². The molecule has 0 spiro atoms. The summed E-state index contributed by atoms with van der Waals surface area (Å²) in [6, 6.07) is 11.1. The molecule has 0 radical (unpaired) electrons. The lowest BCUT2D eigenvalue weighted by atomic mass is 9.94. The quantitative estimate of drug-likeness (QED) is 0.229. The van der Waals surface area contributed by atoms with Gasteiger partial charge in [0, 0.05) is 30.7 Å². The number of aliphatic hydroxyl groups is 1. The molecular weight excluding hydrogens is 404 g/mol. The maximum atomic E-state index is 12.8. The fourth-order valence-corrected chi connectivity index (χ4v) is 3.53. The molecule has 1 aliphatic rings. The molecule has 1 heterocycles. The van der Waals surface area contributed by atoms with Crippen LogP contribution in [0.2, 0.25) is 0 Å². The number of carbonyl (C=O) groups is 3. The summed E-state index contributed by atoms with van der Waals surface area (Å²) in [7, 11) is 0. The van der Waals surface area contributed by atoms with Crippen LogP contribution in [0.25, 0.3) is 5.76 Å². The number of rotatable bonds is 7. The Morgan fingerprint density at radius 1 is 1.13 bits per heavy atom. The van der Waals surface area contributed by atoms with E-state index in [1.54, 1.807) is 24.3 Å². The molecule has 1 aliphatic heterocycles. The second-order valence-electron chi connectivity index (χ2n) is 7.21. The van der Waals surface area contributed by atoms with Gasteiger partial charge in [-0.1, -0.05) is 42.0 Å². The third kappa shape index (κ3) is 4.45. The number of hydrogen-bond donors (Lipinski definition) is 2. The van der Waals surface area contributed by atoms with E-state index in [2.05, 4.69) is 0 Å². The van der Waals surface area contributed by atoms with Crippen molar-refractivity contribution in [3.63, 3.8) is 0 Å². The lowest BCUT2D eigenvalue weighted by molar-refractivity contribution is -0.384. The highest BCUT2D eigenvalue weighted by molar-refractivity contribution is 6.46. The summed E-state index contributed by atoms with van der Waals surface area (Å²) < 4.78 is 0. The number of benzene rings is 2. The third-order valence-corrected chi connectivity index (χ3v) is 5.05. The number of carboxylic acid groups (broad SMARTS) is 1. The fraction of sp³-hybridized carbons (Fsp3) is 0.227. The summed E-state index contributed by atoms with van der Waals surface area (Å²) in [6.07, 6.45) is -0.138. The van der Waals surface area contributed by atoms with E-state index >= 15 is 0 Å². The molecule has 3 rings (SSSR count). The van der Waals surface area contributed by atoms with Crippen LogP contribution in [0.15, 0.2) is 54.1 Å². The molecule has 2 aromatic carbocycles. The van der Waals surface area contributed by atoms with Gasteiger partial charge >= 0.3 is 5.97 Å². The summed E-state index contributed by atoms with van der Waals surface area (Å²) in [5, 5.41) is 31.0. The van der Waals surface area contributed by atoms with Crippen LogP contribution in [0.5, 0.6) is 0 Å². The first kappa shape index (κ1) is 21.7. The second kappa shape index (κ2) is 8.78. The van der Waals surface area contributed by atoms with Gasteiger partial charge in [-0.2, -0.15) is 0 Å². The van der Waals surface area contributed by atoms with Crippen molar-refractivity contribution in [2.75, 3.05) is 6.54 Å². The van der Waals surface area contributed by atoms with Crippen molar-refractivity contribution in [3.05, 3.63) is 80.9 Å². The standard InChI is InChI=1S/C22H20N2O7/c1-13-7-9-14(10-8-13)20(27)18-19(15-4-2-5-16(12-15)24(30)31)23(22(29)21(18)28)11-3-6-17(25)26/h2,4-5,7-10,12,19,27H,3,6,11H2,1H3,(H,25,26)/t19-/m0/s1. The Morgan fingerprint density at radius 2 is 1.81 bits per heavy atom. The molecule has 0 aromatic heterocycles. The lowest BCUT2D eigenvalue weighted by Crippen LogP contribution is -2.31. The molecule has 160 valence electrons. The summed E-state index contributed by atoms with van der Waals surface area (Å²) in [5.41, 5.74) is 1.11. The van der Waals surface area contributed by atoms with E-state index in [-0.39, 0.29) is 36.2 Å². The van der Waals surface area contributed by atoms with E-state index < -0.39 is 34.4 Å². The molecule has 1 fully saturated rings. The Labute approximate surface area is 177 Å². The Morgan fingerprint density at radius 3 is 2.42 bits per heavy atom. The van der Waals surface area contributed by atoms with Crippen molar-refractivity contribution in [1.82, 2.24) is 4.90 Å². The number of ketones is 1. The van der Waals surface area contributed by atoms with Crippen LogP contribution >= 0.6 is 0 Å². The second-order valence-corrected chi connectivity index (χ2v) is 7.21. The smallest absolute Gasteiger partial charge is 0.303 e. The van der Waals surface area contributed by atoms with E-state index in [0.717, 1.165) is 10.5 Å². The summed E-state index contributed by atoms with van der Waals surface area (Å²) >= 11 is 0. The van der Waals surface area contributed by atoms with Gasteiger partial charge in [0.1, 0.15) is 5.76 Å². The van der Waals surface area contributed by atoms with Gasteiger partial charge < -0.3 is 15.1 Å². The van der Waals surface area contributed by atoms with Crippen LogP contribution in [0, 0.1) is 17.0 Å². The lowest BCUT2D eigenvalue weighted by Gasteiger charge is -2.25. The van der Waals surface area contributed by atoms with Gasteiger partial charge in [-0.05, 0) is 18.9 Å². The average Bonchev–Trinajstić information content (AvgIpc) is 2.98. The molecule has 0 aliphatic carbocycles. The minimum atomic E-state index is -1.07. The van der Waals surface area contributed by atoms with Gasteiger partial charge in [0.2, 0.25) is 0 Å². The van der Waals surface area contributed by atoms with E-state index in [9.17, 15) is 29.6 Å². The van der Waals surface area contributed by atoms with E-state index in [0.29, 0.717) is 5.56 Å². The number of carboxylic acids is 1. The highest BCUT2D eigenvalue weighted by Gasteiger charge is 2.46. The number of aliphatic hydroxyl groups excluding tert-OH is 1. The summed E-state index contributed by atoms with van der Waals surface area (Å²) in [5.74, 6) is -3.26. The Kier molecular flexibility index (Phi) is 6.15. The van der Waals surface area contributed by atoms with Crippen molar-refractivity contribution in [2.45, 2.75) is 25.8 Å². The van der Waals surface area contributed by atoms with Crippen LogP contribution in [-0.2, 0) is 14.4 Å². The van der Waals surface area contributed by atoms with Crippen LogP contribution in [0.1, 0.15) is 35.6 Å². The monoisotopic (exact) mass is 424 g/mol. The first-order chi connectivity index (χ1) is 14.7. The molecule has 1 atom stereocenters. The molecule has 1 saturated heterocycles. The van der Waals surface area contributed by atoms with Gasteiger partial charge in [-0.25, -0.2) is 0 Å². The minimum absolute atomic E-state index is 0.0606. The number of amides is 1. The Balaban J connectivity index is 2.14. The molecule has 1 amide bonds. The predicted octanol–water partition coefficient (Wildman–Crippen LogP) is 3.19. The summed E-state index contributed by atoms with van der Waals surface area (Å²) in [4.78, 5) is 48.2. The molecule has 2 N–H and O–H groups in total. The number of Topliss-reactive ketones (excluding diaryl/α,β-unsaturated/α-hetero) is 1. The zero-order valence-corrected chi connectivity index (χ0v) is 16.6. The van der Waals surface area contributed by atoms with Gasteiger partial charge in [0.15, 0.2) is 0 Å². The summed E-state index contributed by atoms with van der Waals surface area (Å²) in [6.45, 7) is 1.79. The fourth-order valence-electron chi connectivity index (χ4n) is 3.53. The van der Waals surface area contributed by atoms with E-state index in [4.69, 9.17) is 5.11 Å². The van der Waals surface area contributed by atoms with Gasteiger partial charge in [0.25, 0.3) is 17.4 Å². The first-order valence-corrected chi connectivity index (χ1v) is 9.52. The number of hydrogen-bond acceptors (Lipinski definition) is 6. The Hall–Kier alpha value is -4.01. The molecule has 9 nitrogen and oxygen atoms in total. The molecular formula is C22H20N2O7. The first-order valence-electron chi connectivity index (χ1n) is 9.52. The third-order valence-electron chi connectivity index (χ3n) is 5.05. The number of nitro groups is 1. The highest BCUT2D eigenvalue weighted by atomic mass is 16.6. The molecule has 0 saturated carbocycles. The SMILES string of the molecule is Cc1ccc(C(O)=C2C(=O)C(=O)N(CCCC(=O)O)[C@H]2c2cccc([N+](=O)[O-])c2)cc1. The van der Waals surface area contributed by atoms with Crippen molar-refractivity contribution >= 4 is 29.1 Å². The van der Waals surface area contributed by atoms with Crippen LogP contribution in [0.3, 0.4) is 0 Å². The van der Waals surface area contributed by atoms with Crippen molar-refractivity contribution in [3.8, 4) is 0 Å². The largest absolute Gasteiger partial charge is 0.507 e. The van der Waals surface area contributed by atoms with E-state index in [1.165, 1.54) is 24.3 Å². The van der Waals surface area contributed by atoms with Crippen LogP contribution in [0.4, 0.5) is 5.69 Å². The number of aliphatic carboxylic acids is 1. The average molecular weight is 424 g/mol. The number of nitrogens with zero attached hydrogens (tertiary/aromatic N) is 2. The molecule has 9 heteroatoms. The van der Waals surface area contributed by atoms with Crippen LogP contribution < -0.4 is 0 Å². The normalized spacial score (nSPS) is 17.7. The minimum Gasteiger partial charge on any atom is -0.507 e. The van der Waals surface area contributed by atoms with Gasteiger partial charge in [-0.3, -0.25) is 24.5 Å². The molecule has 0 bridgehead atoms. The van der Waals surface area contributed by atoms with Crippen LogP contribution in [-0.4, -0.2) is 44.2 Å². The topological polar surface area (TPSA) is 138 Å². The Bertz CT molecular complexity index is 1090. The van der Waals surface area contributed by atoms with E-state index in [1.807, 2.05) is 6.92 Å². The van der Waals surface area contributed by atoms with Crippen molar-refractivity contribution in [1.29, 1.82) is 0 Å². The molecule has 31 heavy (non-hydrogen) atoms.